The molecule has 1 atom stereocenters. The number of sulfonamides is 1. The molecule has 0 aromatic heterocycles. The van der Waals surface area contributed by atoms with Crippen LogP contribution in [0.4, 0.5) is 0 Å². The van der Waals surface area contributed by atoms with E-state index in [1.165, 1.54) is 6.07 Å². The molecule has 0 saturated heterocycles. The molecule has 126 valence electrons. The summed E-state index contributed by atoms with van der Waals surface area (Å²) in [5, 5.41) is 11.6. The van der Waals surface area contributed by atoms with Crippen molar-refractivity contribution in [2.45, 2.75) is 38.3 Å². The van der Waals surface area contributed by atoms with Crippen molar-refractivity contribution >= 4 is 40.0 Å². The Morgan fingerprint density at radius 1 is 1.32 bits per heavy atom. The van der Waals surface area contributed by atoms with E-state index in [1.54, 1.807) is 19.2 Å². The Hall–Kier alpha value is -0.870. The van der Waals surface area contributed by atoms with E-state index in [0.29, 0.717) is 18.4 Å². The predicted molar refractivity (Wildman–Crippen MR) is 101 cm³/mol. The molecule has 1 aromatic rings. The maximum atomic E-state index is 11.3. The third kappa shape index (κ3) is 6.93. The average molecular weight is 440 g/mol. The molecule has 0 amide bonds. The molecular weight excluding hydrogens is 415 g/mol. The lowest BCUT2D eigenvalue weighted by Crippen LogP contribution is -2.43. The van der Waals surface area contributed by atoms with Crippen molar-refractivity contribution in [3.8, 4) is 0 Å². The summed E-state index contributed by atoms with van der Waals surface area (Å²) in [5.74, 6) is 1.16. The van der Waals surface area contributed by atoms with Gasteiger partial charge >= 0.3 is 0 Å². The van der Waals surface area contributed by atoms with Gasteiger partial charge in [-0.3, -0.25) is 4.99 Å². The van der Waals surface area contributed by atoms with Gasteiger partial charge in [0.15, 0.2) is 5.96 Å². The molecule has 0 radical (unpaired) electrons. The number of nitrogens with two attached hydrogens (primary N) is 1. The fourth-order valence-corrected chi connectivity index (χ4v) is 2.18. The van der Waals surface area contributed by atoms with Crippen LogP contribution < -0.4 is 15.8 Å². The predicted octanol–water partition coefficient (Wildman–Crippen LogP) is 1.66. The molecule has 1 aromatic carbocycles. The molecule has 0 bridgehead atoms. The fourth-order valence-electron chi connectivity index (χ4n) is 1.60. The molecule has 1 unspecified atom stereocenters. The Morgan fingerprint density at radius 2 is 1.95 bits per heavy atom. The second-order valence-corrected chi connectivity index (χ2v) is 6.86. The van der Waals surface area contributed by atoms with Gasteiger partial charge < -0.3 is 10.6 Å². The number of guanidine groups is 1. The van der Waals surface area contributed by atoms with Crippen molar-refractivity contribution in [3.05, 3.63) is 29.8 Å². The van der Waals surface area contributed by atoms with Crippen LogP contribution in [-0.2, 0) is 16.6 Å². The van der Waals surface area contributed by atoms with E-state index in [2.05, 4.69) is 36.4 Å². The number of rotatable bonds is 5. The Morgan fingerprint density at radius 3 is 2.45 bits per heavy atom. The summed E-state index contributed by atoms with van der Waals surface area (Å²) in [7, 11) is -1.98. The minimum atomic E-state index is -3.67. The first-order valence-electron chi connectivity index (χ1n) is 6.83. The number of primary sulfonamides is 1. The van der Waals surface area contributed by atoms with Crippen molar-refractivity contribution < 1.29 is 8.42 Å². The van der Waals surface area contributed by atoms with E-state index in [4.69, 9.17) is 5.14 Å². The van der Waals surface area contributed by atoms with Gasteiger partial charge in [0.2, 0.25) is 10.0 Å². The van der Waals surface area contributed by atoms with Crippen LogP contribution in [0, 0.1) is 5.92 Å². The van der Waals surface area contributed by atoms with Crippen LogP contribution in [-0.4, -0.2) is 27.5 Å². The molecule has 6 nitrogen and oxygen atoms in total. The van der Waals surface area contributed by atoms with Gasteiger partial charge in [0.1, 0.15) is 0 Å². The van der Waals surface area contributed by atoms with Crippen molar-refractivity contribution in [2.24, 2.45) is 16.0 Å². The fraction of sp³-hybridized carbons (Fsp3) is 0.500. The summed E-state index contributed by atoms with van der Waals surface area (Å²) in [4.78, 5) is 4.26. The third-order valence-electron chi connectivity index (χ3n) is 3.27. The normalized spacial score (nSPS) is 13.5. The minimum Gasteiger partial charge on any atom is -0.354 e. The lowest BCUT2D eigenvalue weighted by Gasteiger charge is -2.20. The van der Waals surface area contributed by atoms with Crippen LogP contribution in [0.1, 0.15) is 26.3 Å². The second-order valence-electron chi connectivity index (χ2n) is 5.30. The number of nitrogens with one attached hydrogen (secondary N) is 2. The maximum absolute atomic E-state index is 11.3. The molecule has 0 aliphatic rings. The first kappa shape index (κ1) is 21.1. The Balaban J connectivity index is 0.00000441. The van der Waals surface area contributed by atoms with Crippen LogP contribution in [0.3, 0.4) is 0 Å². The van der Waals surface area contributed by atoms with Gasteiger partial charge in [-0.15, -0.1) is 24.0 Å². The Bertz CT molecular complexity index is 603. The average Bonchev–Trinajstić information content (AvgIpc) is 2.42. The van der Waals surface area contributed by atoms with E-state index >= 15 is 0 Å². The topological polar surface area (TPSA) is 96.6 Å². The maximum Gasteiger partial charge on any atom is 0.238 e. The molecule has 0 heterocycles. The summed E-state index contributed by atoms with van der Waals surface area (Å²) in [6, 6.07) is 6.82. The molecule has 0 saturated carbocycles. The summed E-state index contributed by atoms with van der Waals surface area (Å²) in [6.07, 6.45) is 0. The number of nitrogens with zero attached hydrogens (tertiary/aromatic N) is 1. The molecule has 0 aliphatic carbocycles. The van der Waals surface area contributed by atoms with Crippen molar-refractivity contribution in [1.29, 1.82) is 0 Å². The monoisotopic (exact) mass is 440 g/mol. The van der Waals surface area contributed by atoms with E-state index in [-0.39, 0.29) is 34.9 Å². The van der Waals surface area contributed by atoms with Gasteiger partial charge in [-0.05, 0) is 30.5 Å². The van der Waals surface area contributed by atoms with Crippen LogP contribution in [0.2, 0.25) is 0 Å². The zero-order chi connectivity index (χ0) is 16.0. The number of halogens is 1. The van der Waals surface area contributed by atoms with Crippen LogP contribution in [0.5, 0.6) is 0 Å². The number of benzene rings is 1. The highest BCUT2D eigenvalue weighted by Crippen LogP contribution is 2.09. The zero-order valence-electron chi connectivity index (χ0n) is 13.3. The van der Waals surface area contributed by atoms with Gasteiger partial charge in [0, 0.05) is 19.6 Å². The highest BCUT2D eigenvalue weighted by atomic mass is 127. The Kier molecular flexibility index (Phi) is 8.94. The van der Waals surface area contributed by atoms with Crippen molar-refractivity contribution in [2.75, 3.05) is 7.05 Å². The first-order valence-corrected chi connectivity index (χ1v) is 8.37. The lowest BCUT2D eigenvalue weighted by atomic mass is 10.1. The molecule has 0 fully saturated rings. The lowest BCUT2D eigenvalue weighted by molar-refractivity contribution is 0.481. The van der Waals surface area contributed by atoms with Gasteiger partial charge in [0.25, 0.3) is 0 Å². The zero-order valence-corrected chi connectivity index (χ0v) is 16.5. The largest absolute Gasteiger partial charge is 0.354 e. The standard InChI is InChI=1S/C14H24N4O2S.HI/c1-10(2)11(3)18-14(16-4)17-9-12-6-5-7-13(8-12)21(15,19)20;/h5-8,10-11H,9H2,1-4H3,(H2,15,19,20)(H2,16,17,18);1H. The number of hydrogen-bond acceptors (Lipinski definition) is 3. The van der Waals surface area contributed by atoms with Gasteiger partial charge in [-0.2, -0.15) is 0 Å². The van der Waals surface area contributed by atoms with E-state index < -0.39 is 10.0 Å². The quantitative estimate of drug-likeness (QED) is 0.369. The van der Waals surface area contributed by atoms with Gasteiger partial charge in [0.05, 0.1) is 4.90 Å². The highest BCUT2D eigenvalue weighted by Gasteiger charge is 2.10. The molecule has 1 rings (SSSR count). The van der Waals surface area contributed by atoms with Crippen LogP contribution in [0.15, 0.2) is 34.2 Å². The van der Waals surface area contributed by atoms with Gasteiger partial charge in [-0.1, -0.05) is 26.0 Å². The highest BCUT2D eigenvalue weighted by molar-refractivity contribution is 14.0. The molecular formula is C14H25IN4O2S. The molecule has 22 heavy (non-hydrogen) atoms. The SMILES string of the molecule is CN=C(NCc1cccc(S(N)(=O)=O)c1)NC(C)C(C)C.I. The summed E-state index contributed by atoms with van der Waals surface area (Å²) in [6.45, 7) is 6.80. The first-order chi connectivity index (χ1) is 9.74. The van der Waals surface area contributed by atoms with E-state index in [1.807, 2.05) is 6.07 Å². The molecule has 4 N–H and O–H groups in total. The second kappa shape index (κ2) is 9.31. The summed E-state index contributed by atoms with van der Waals surface area (Å²) in [5.41, 5.74) is 0.821. The smallest absolute Gasteiger partial charge is 0.238 e. The third-order valence-corrected chi connectivity index (χ3v) is 4.19. The summed E-state index contributed by atoms with van der Waals surface area (Å²) < 4.78 is 22.6. The minimum absolute atomic E-state index is 0. The van der Waals surface area contributed by atoms with Crippen molar-refractivity contribution in [3.63, 3.8) is 0 Å². The van der Waals surface area contributed by atoms with E-state index in [9.17, 15) is 8.42 Å². The number of hydrogen-bond donors (Lipinski definition) is 3. The molecule has 0 aliphatic heterocycles. The van der Waals surface area contributed by atoms with Crippen LogP contribution >= 0.6 is 24.0 Å². The Labute approximate surface area is 150 Å². The summed E-state index contributed by atoms with van der Waals surface area (Å²) >= 11 is 0. The van der Waals surface area contributed by atoms with Gasteiger partial charge in [-0.25, -0.2) is 13.6 Å². The molecule has 8 heteroatoms. The van der Waals surface area contributed by atoms with E-state index in [0.717, 1.165) is 5.56 Å². The van der Waals surface area contributed by atoms with Crippen molar-refractivity contribution in [1.82, 2.24) is 10.6 Å². The molecule has 0 spiro atoms. The number of aliphatic imine (C=N–C) groups is 1. The van der Waals surface area contributed by atoms with Crippen LogP contribution in [0.25, 0.3) is 0 Å².